The van der Waals surface area contributed by atoms with Crippen molar-refractivity contribution in [3.05, 3.63) is 41.9 Å². The number of fused-ring (bicyclic) bond motifs is 3. The predicted octanol–water partition coefficient (Wildman–Crippen LogP) is 4.30. The van der Waals surface area contributed by atoms with Gasteiger partial charge in [0.2, 0.25) is 0 Å². The molecule has 3 nitrogen and oxygen atoms in total. The molecule has 0 bridgehead atoms. The van der Waals surface area contributed by atoms with Crippen molar-refractivity contribution >= 4 is 16.7 Å². The van der Waals surface area contributed by atoms with E-state index in [4.69, 9.17) is 4.98 Å². The first-order valence-electron chi connectivity index (χ1n) is 7.15. The van der Waals surface area contributed by atoms with E-state index in [0.29, 0.717) is 5.92 Å². The second-order valence-electron chi connectivity index (χ2n) is 6.73. The lowest BCUT2D eigenvalue weighted by atomic mass is 9.87. The highest BCUT2D eigenvalue weighted by molar-refractivity contribution is 5.79. The third-order valence-electron chi connectivity index (χ3n) is 3.76. The van der Waals surface area contributed by atoms with E-state index >= 15 is 0 Å². The second-order valence-corrected chi connectivity index (χ2v) is 6.73. The van der Waals surface area contributed by atoms with Gasteiger partial charge >= 0.3 is 0 Å². The van der Waals surface area contributed by atoms with E-state index in [1.165, 1.54) is 5.56 Å². The fourth-order valence-electron chi connectivity index (χ4n) is 2.54. The second kappa shape index (κ2) is 4.30. The van der Waals surface area contributed by atoms with Crippen molar-refractivity contribution in [1.82, 2.24) is 14.4 Å². The van der Waals surface area contributed by atoms with E-state index in [-0.39, 0.29) is 5.41 Å². The molecule has 2 aromatic heterocycles. The Morgan fingerprint density at radius 3 is 2.55 bits per heavy atom. The van der Waals surface area contributed by atoms with Gasteiger partial charge in [-0.3, -0.25) is 4.40 Å². The van der Waals surface area contributed by atoms with E-state index in [1.807, 2.05) is 12.4 Å². The SMILES string of the molecule is CC(C)c1nc2cc(C(C)(C)C)ccc2n2ccnc12. The van der Waals surface area contributed by atoms with E-state index in [2.05, 4.69) is 62.2 Å². The molecular formula is C17H21N3. The summed E-state index contributed by atoms with van der Waals surface area (Å²) in [6.07, 6.45) is 3.86. The summed E-state index contributed by atoms with van der Waals surface area (Å²) in [4.78, 5) is 9.33. The molecule has 3 rings (SSSR count). The van der Waals surface area contributed by atoms with E-state index in [0.717, 1.165) is 22.4 Å². The Morgan fingerprint density at radius 1 is 1.15 bits per heavy atom. The fraction of sp³-hybridized carbons (Fsp3) is 0.412. The zero-order valence-electron chi connectivity index (χ0n) is 12.8. The van der Waals surface area contributed by atoms with Crippen molar-refractivity contribution < 1.29 is 0 Å². The van der Waals surface area contributed by atoms with Gasteiger partial charge in [-0.15, -0.1) is 0 Å². The molecule has 104 valence electrons. The van der Waals surface area contributed by atoms with Crippen molar-refractivity contribution in [2.75, 3.05) is 0 Å². The summed E-state index contributed by atoms with van der Waals surface area (Å²) in [6.45, 7) is 11.0. The highest BCUT2D eigenvalue weighted by Gasteiger charge is 2.17. The number of hydrogen-bond acceptors (Lipinski definition) is 2. The van der Waals surface area contributed by atoms with Crippen LogP contribution in [0.15, 0.2) is 30.6 Å². The average molecular weight is 267 g/mol. The van der Waals surface area contributed by atoms with Gasteiger partial charge in [0.25, 0.3) is 0 Å². The van der Waals surface area contributed by atoms with Gasteiger partial charge in [0.05, 0.1) is 16.7 Å². The monoisotopic (exact) mass is 267 g/mol. The number of rotatable bonds is 1. The molecule has 3 aromatic rings. The molecule has 0 spiro atoms. The summed E-state index contributed by atoms with van der Waals surface area (Å²) < 4.78 is 2.14. The van der Waals surface area contributed by atoms with Crippen LogP contribution in [0.1, 0.15) is 51.8 Å². The van der Waals surface area contributed by atoms with Crippen LogP contribution in [0.5, 0.6) is 0 Å². The number of benzene rings is 1. The Hall–Kier alpha value is -1.90. The lowest BCUT2D eigenvalue weighted by Gasteiger charge is -2.20. The number of nitrogens with zero attached hydrogens (tertiary/aromatic N) is 3. The van der Waals surface area contributed by atoms with E-state index < -0.39 is 0 Å². The molecule has 0 atom stereocenters. The molecular weight excluding hydrogens is 246 g/mol. The van der Waals surface area contributed by atoms with Crippen LogP contribution in [0.4, 0.5) is 0 Å². The first-order valence-corrected chi connectivity index (χ1v) is 7.15. The maximum Gasteiger partial charge on any atom is 0.159 e. The Bertz CT molecular complexity index is 776. The number of aromatic nitrogens is 3. The van der Waals surface area contributed by atoms with Crippen molar-refractivity contribution in [1.29, 1.82) is 0 Å². The molecule has 0 saturated carbocycles. The molecule has 20 heavy (non-hydrogen) atoms. The molecule has 0 fully saturated rings. The minimum absolute atomic E-state index is 0.137. The minimum atomic E-state index is 0.137. The van der Waals surface area contributed by atoms with E-state index in [1.54, 1.807) is 0 Å². The molecule has 0 unspecified atom stereocenters. The first-order chi connectivity index (χ1) is 9.38. The summed E-state index contributed by atoms with van der Waals surface area (Å²) in [5.74, 6) is 0.364. The molecule has 0 radical (unpaired) electrons. The summed E-state index contributed by atoms with van der Waals surface area (Å²) in [6, 6.07) is 6.56. The summed E-state index contributed by atoms with van der Waals surface area (Å²) in [5.41, 5.74) is 5.65. The smallest absolute Gasteiger partial charge is 0.159 e. The van der Waals surface area contributed by atoms with Gasteiger partial charge in [-0.2, -0.15) is 0 Å². The fourth-order valence-corrected chi connectivity index (χ4v) is 2.54. The van der Waals surface area contributed by atoms with Crippen LogP contribution in [-0.2, 0) is 5.41 Å². The Balaban J connectivity index is 2.38. The quantitative estimate of drug-likeness (QED) is 0.658. The Morgan fingerprint density at radius 2 is 1.90 bits per heavy atom. The van der Waals surface area contributed by atoms with Crippen LogP contribution in [-0.4, -0.2) is 14.4 Å². The molecule has 0 aliphatic rings. The Labute approximate surface area is 119 Å². The van der Waals surface area contributed by atoms with Crippen molar-refractivity contribution in [2.24, 2.45) is 0 Å². The van der Waals surface area contributed by atoms with Crippen molar-refractivity contribution in [2.45, 2.75) is 46.0 Å². The maximum absolute atomic E-state index is 4.87. The van der Waals surface area contributed by atoms with Gasteiger partial charge in [0.1, 0.15) is 0 Å². The third kappa shape index (κ3) is 1.98. The highest BCUT2D eigenvalue weighted by Crippen LogP contribution is 2.28. The third-order valence-corrected chi connectivity index (χ3v) is 3.76. The summed E-state index contributed by atoms with van der Waals surface area (Å²) in [7, 11) is 0. The molecule has 0 amide bonds. The van der Waals surface area contributed by atoms with Gasteiger partial charge in [-0.1, -0.05) is 40.7 Å². The normalized spacial score (nSPS) is 12.7. The van der Waals surface area contributed by atoms with Gasteiger partial charge < -0.3 is 0 Å². The van der Waals surface area contributed by atoms with Crippen LogP contribution in [0, 0.1) is 0 Å². The van der Waals surface area contributed by atoms with Gasteiger partial charge in [0, 0.05) is 12.4 Å². The molecule has 0 aliphatic heterocycles. The lowest BCUT2D eigenvalue weighted by molar-refractivity contribution is 0.591. The van der Waals surface area contributed by atoms with Crippen LogP contribution in [0.3, 0.4) is 0 Å². The van der Waals surface area contributed by atoms with Gasteiger partial charge in [0.15, 0.2) is 5.65 Å². The van der Waals surface area contributed by atoms with Crippen LogP contribution in [0.2, 0.25) is 0 Å². The van der Waals surface area contributed by atoms with Crippen molar-refractivity contribution in [3.8, 4) is 0 Å². The van der Waals surface area contributed by atoms with E-state index in [9.17, 15) is 0 Å². The topological polar surface area (TPSA) is 30.2 Å². The standard InChI is InChI=1S/C17H21N3/c1-11(2)15-16-18-8-9-20(16)14-7-6-12(17(3,4)5)10-13(14)19-15/h6-11H,1-5H3. The van der Waals surface area contributed by atoms with Crippen molar-refractivity contribution in [3.63, 3.8) is 0 Å². The summed E-state index contributed by atoms with van der Waals surface area (Å²) in [5, 5.41) is 0. The van der Waals surface area contributed by atoms with Gasteiger partial charge in [-0.05, 0) is 29.0 Å². The highest BCUT2D eigenvalue weighted by atomic mass is 15.0. The minimum Gasteiger partial charge on any atom is -0.297 e. The molecule has 0 saturated heterocycles. The van der Waals surface area contributed by atoms with Gasteiger partial charge in [-0.25, -0.2) is 9.97 Å². The zero-order valence-corrected chi connectivity index (χ0v) is 12.8. The molecule has 0 aliphatic carbocycles. The largest absolute Gasteiger partial charge is 0.297 e. The lowest BCUT2D eigenvalue weighted by Crippen LogP contribution is -2.11. The zero-order chi connectivity index (χ0) is 14.5. The molecule has 1 aromatic carbocycles. The predicted molar refractivity (Wildman–Crippen MR) is 83.3 cm³/mol. The first kappa shape index (κ1) is 13.1. The molecule has 2 heterocycles. The number of hydrogen-bond donors (Lipinski definition) is 0. The Kier molecular flexibility index (Phi) is 2.82. The van der Waals surface area contributed by atoms with Crippen LogP contribution < -0.4 is 0 Å². The average Bonchev–Trinajstić information content (AvgIpc) is 2.84. The van der Waals surface area contributed by atoms with Crippen LogP contribution >= 0.6 is 0 Å². The molecule has 3 heteroatoms. The van der Waals surface area contributed by atoms with Crippen LogP contribution in [0.25, 0.3) is 16.7 Å². The molecule has 0 N–H and O–H groups in total. The number of imidazole rings is 1. The summed E-state index contributed by atoms with van der Waals surface area (Å²) >= 11 is 0. The maximum atomic E-state index is 4.87.